The molecule has 1 aliphatic rings. The van der Waals surface area contributed by atoms with Crippen LogP contribution in [0.2, 0.25) is 0 Å². The van der Waals surface area contributed by atoms with Crippen LogP contribution >= 0.6 is 11.8 Å². The van der Waals surface area contributed by atoms with E-state index in [1.807, 2.05) is 0 Å². The van der Waals surface area contributed by atoms with Crippen LogP contribution in [0.4, 0.5) is 4.79 Å². The highest BCUT2D eigenvalue weighted by molar-refractivity contribution is 7.99. The molecule has 0 aliphatic carbocycles. The summed E-state index contributed by atoms with van der Waals surface area (Å²) in [5, 5.41) is 8.08. The van der Waals surface area contributed by atoms with Crippen molar-refractivity contribution in [2.24, 2.45) is 0 Å². The number of amides is 2. The molecular formula is C15H18N4O5S. The Hall–Kier alpha value is -2.49. The molecule has 0 aromatic carbocycles. The largest absolute Gasteiger partial charge is 0.459 e. The van der Waals surface area contributed by atoms with E-state index in [0.29, 0.717) is 43.8 Å². The molecule has 0 spiro atoms. The van der Waals surface area contributed by atoms with Crippen molar-refractivity contribution in [2.75, 3.05) is 38.5 Å². The fraction of sp³-hybridized carbons (Fsp3) is 0.467. The second-order valence-corrected chi connectivity index (χ2v) is 6.13. The van der Waals surface area contributed by atoms with E-state index in [9.17, 15) is 9.59 Å². The monoisotopic (exact) mass is 366 g/mol. The number of nitrogens with zero attached hydrogens (tertiary/aromatic N) is 4. The van der Waals surface area contributed by atoms with Gasteiger partial charge in [-0.2, -0.15) is 0 Å². The Kier molecular flexibility index (Phi) is 5.59. The zero-order chi connectivity index (χ0) is 17.6. The van der Waals surface area contributed by atoms with Crippen LogP contribution in [0.3, 0.4) is 0 Å². The highest BCUT2D eigenvalue weighted by Gasteiger charge is 2.25. The minimum atomic E-state index is -0.333. The van der Waals surface area contributed by atoms with Crippen LogP contribution in [-0.2, 0) is 9.53 Å². The number of carbonyl (C=O) groups excluding carboxylic acids is 2. The predicted molar refractivity (Wildman–Crippen MR) is 87.9 cm³/mol. The van der Waals surface area contributed by atoms with Gasteiger partial charge in [0.05, 0.1) is 18.6 Å². The lowest BCUT2D eigenvalue weighted by Crippen LogP contribution is -2.51. The van der Waals surface area contributed by atoms with Gasteiger partial charge in [-0.25, -0.2) is 4.79 Å². The molecule has 10 heteroatoms. The zero-order valence-corrected chi connectivity index (χ0v) is 14.5. The fourth-order valence-corrected chi connectivity index (χ4v) is 3.00. The SMILES string of the molecule is CCOC(=O)N1CCN(C(=O)CSc2nnc(-c3ccco3)o2)CC1. The number of aromatic nitrogens is 2. The van der Waals surface area contributed by atoms with Crippen LogP contribution in [0.25, 0.3) is 11.7 Å². The maximum atomic E-state index is 12.3. The summed E-state index contributed by atoms with van der Waals surface area (Å²) in [5.74, 6) is 0.925. The topological polar surface area (TPSA) is 102 Å². The van der Waals surface area contributed by atoms with Crippen molar-refractivity contribution in [3.63, 3.8) is 0 Å². The highest BCUT2D eigenvalue weighted by atomic mass is 32.2. The number of hydrogen-bond acceptors (Lipinski definition) is 8. The van der Waals surface area contributed by atoms with Crippen molar-refractivity contribution < 1.29 is 23.2 Å². The van der Waals surface area contributed by atoms with Gasteiger partial charge < -0.3 is 23.4 Å². The Morgan fingerprint density at radius 2 is 2.00 bits per heavy atom. The first kappa shape index (κ1) is 17.3. The molecule has 1 saturated heterocycles. The Morgan fingerprint density at radius 3 is 2.68 bits per heavy atom. The molecule has 1 fully saturated rings. The van der Waals surface area contributed by atoms with Gasteiger partial charge in [0.25, 0.3) is 11.1 Å². The summed E-state index contributed by atoms with van der Waals surface area (Å²) in [6.07, 6.45) is 1.19. The Balaban J connectivity index is 1.45. The van der Waals surface area contributed by atoms with Crippen LogP contribution in [-0.4, -0.2) is 70.5 Å². The average Bonchev–Trinajstić information content (AvgIpc) is 3.31. The molecule has 0 atom stereocenters. The quantitative estimate of drug-likeness (QED) is 0.737. The third-order valence-electron chi connectivity index (χ3n) is 3.62. The molecule has 3 rings (SSSR count). The molecule has 25 heavy (non-hydrogen) atoms. The number of piperazine rings is 1. The van der Waals surface area contributed by atoms with Gasteiger partial charge in [0.15, 0.2) is 5.76 Å². The number of thioether (sulfide) groups is 1. The molecule has 1 aliphatic heterocycles. The Bertz CT molecular complexity index is 709. The lowest BCUT2D eigenvalue weighted by atomic mass is 10.3. The van der Waals surface area contributed by atoms with Gasteiger partial charge in [-0.1, -0.05) is 11.8 Å². The van der Waals surface area contributed by atoms with Crippen LogP contribution in [0.15, 0.2) is 32.5 Å². The first-order valence-electron chi connectivity index (χ1n) is 7.87. The average molecular weight is 366 g/mol. The third kappa shape index (κ3) is 4.32. The van der Waals surface area contributed by atoms with E-state index in [1.54, 1.807) is 28.9 Å². The molecule has 0 radical (unpaired) electrons. The molecule has 2 aromatic heterocycles. The van der Waals surface area contributed by atoms with Crippen molar-refractivity contribution in [1.82, 2.24) is 20.0 Å². The van der Waals surface area contributed by atoms with Crippen LogP contribution < -0.4 is 0 Å². The van der Waals surface area contributed by atoms with E-state index >= 15 is 0 Å². The van der Waals surface area contributed by atoms with Gasteiger partial charge in [-0.3, -0.25) is 4.79 Å². The summed E-state index contributed by atoms with van der Waals surface area (Å²) in [4.78, 5) is 27.2. The molecule has 0 bridgehead atoms. The lowest BCUT2D eigenvalue weighted by Gasteiger charge is -2.33. The number of carbonyl (C=O) groups is 2. The molecule has 134 valence electrons. The van der Waals surface area contributed by atoms with E-state index in [2.05, 4.69) is 10.2 Å². The zero-order valence-electron chi connectivity index (χ0n) is 13.7. The number of hydrogen-bond donors (Lipinski definition) is 0. The minimum absolute atomic E-state index is 0.0359. The van der Waals surface area contributed by atoms with Crippen molar-refractivity contribution >= 4 is 23.8 Å². The van der Waals surface area contributed by atoms with Gasteiger partial charge >= 0.3 is 6.09 Å². The molecule has 2 aromatic rings. The summed E-state index contributed by atoms with van der Waals surface area (Å²) < 4.78 is 15.6. The minimum Gasteiger partial charge on any atom is -0.459 e. The molecule has 2 amide bonds. The number of furan rings is 1. The van der Waals surface area contributed by atoms with Crippen LogP contribution in [0, 0.1) is 0 Å². The van der Waals surface area contributed by atoms with Gasteiger partial charge in [0.2, 0.25) is 5.91 Å². The maximum Gasteiger partial charge on any atom is 0.409 e. The van der Waals surface area contributed by atoms with Gasteiger partial charge in [-0.05, 0) is 19.1 Å². The first-order chi connectivity index (χ1) is 12.2. The van der Waals surface area contributed by atoms with Crippen LogP contribution in [0.5, 0.6) is 0 Å². The van der Waals surface area contributed by atoms with Gasteiger partial charge in [0.1, 0.15) is 0 Å². The maximum absolute atomic E-state index is 12.3. The number of ether oxygens (including phenoxy) is 1. The molecule has 0 N–H and O–H groups in total. The second-order valence-electron chi connectivity index (χ2n) is 5.21. The predicted octanol–water partition coefficient (Wildman–Crippen LogP) is 1.72. The van der Waals surface area contributed by atoms with E-state index in [1.165, 1.54) is 18.0 Å². The fourth-order valence-electron chi connectivity index (χ4n) is 2.34. The summed E-state index contributed by atoms with van der Waals surface area (Å²) in [6, 6.07) is 3.45. The molecule has 0 unspecified atom stereocenters. The lowest BCUT2D eigenvalue weighted by molar-refractivity contribution is -0.129. The van der Waals surface area contributed by atoms with E-state index in [4.69, 9.17) is 13.6 Å². The van der Waals surface area contributed by atoms with Crippen molar-refractivity contribution in [2.45, 2.75) is 12.1 Å². The van der Waals surface area contributed by atoms with Crippen molar-refractivity contribution in [3.05, 3.63) is 18.4 Å². The molecular weight excluding hydrogens is 348 g/mol. The molecule has 9 nitrogen and oxygen atoms in total. The highest BCUT2D eigenvalue weighted by Crippen LogP contribution is 2.23. The van der Waals surface area contributed by atoms with Gasteiger partial charge in [0, 0.05) is 26.2 Å². The molecule has 3 heterocycles. The normalized spacial score (nSPS) is 14.6. The van der Waals surface area contributed by atoms with E-state index in [0.717, 1.165) is 0 Å². The summed E-state index contributed by atoms with van der Waals surface area (Å²) in [7, 11) is 0. The summed E-state index contributed by atoms with van der Waals surface area (Å²) >= 11 is 1.18. The summed E-state index contributed by atoms with van der Waals surface area (Å²) in [6.45, 7) is 4.03. The second kappa shape index (κ2) is 8.06. The standard InChI is InChI=1S/C15H18N4O5S/c1-2-22-15(21)19-7-5-18(6-8-19)12(20)10-25-14-17-16-13(24-14)11-4-3-9-23-11/h3-4,9H,2,5-8,10H2,1H3. The Morgan fingerprint density at radius 1 is 1.24 bits per heavy atom. The third-order valence-corrected chi connectivity index (χ3v) is 4.42. The smallest absolute Gasteiger partial charge is 0.409 e. The van der Waals surface area contributed by atoms with E-state index < -0.39 is 0 Å². The Labute approximate surface area is 148 Å². The first-order valence-corrected chi connectivity index (χ1v) is 8.85. The van der Waals surface area contributed by atoms with Crippen LogP contribution in [0.1, 0.15) is 6.92 Å². The summed E-state index contributed by atoms with van der Waals surface area (Å²) in [5.41, 5.74) is 0. The number of rotatable bonds is 5. The van der Waals surface area contributed by atoms with Crippen molar-refractivity contribution in [1.29, 1.82) is 0 Å². The van der Waals surface area contributed by atoms with Crippen molar-refractivity contribution in [3.8, 4) is 11.7 Å². The van der Waals surface area contributed by atoms with E-state index in [-0.39, 0.29) is 23.6 Å². The molecule has 0 saturated carbocycles. The van der Waals surface area contributed by atoms with Gasteiger partial charge in [-0.15, -0.1) is 10.2 Å².